The molecule has 4 rings (SSSR count). The number of allylic oxidation sites excluding steroid dienone is 1. The Hall–Kier alpha value is -4.20. The number of H-pyrrole nitrogens is 1. The van der Waals surface area contributed by atoms with Crippen molar-refractivity contribution in [1.29, 1.82) is 0 Å². The number of nitro benzene ring substituents is 1. The van der Waals surface area contributed by atoms with Gasteiger partial charge in [0.05, 0.1) is 21.8 Å². The van der Waals surface area contributed by atoms with Gasteiger partial charge in [0, 0.05) is 54.5 Å². The van der Waals surface area contributed by atoms with Crippen molar-refractivity contribution < 1.29 is 14.5 Å². The number of carbonyl (C=O) groups is 2. The Bertz CT molecular complexity index is 1310. The summed E-state index contributed by atoms with van der Waals surface area (Å²) < 4.78 is 0. The number of aromatic nitrogens is 1. The minimum atomic E-state index is -0.499. The highest BCUT2D eigenvalue weighted by molar-refractivity contribution is 6.41. The van der Waals surface area contributed by atoms with Gasteiger partial charge in [0.15, 0.2) is 0 Å². The number of hydrogen-bond donors (Lipinski definition) is 2. The molecule has 0 saturated heterocycles. The van der Waals surface area contributed by atoms with E-state index >= 15 is 0 Å². The van der Waals surface area contributed by atoms with Crippen molar-refractivity contribution in [3.05, 3.63) is 81.6 Å². The number of fused-ring (bicyclic) bond motifs is 1. The summed E-state index contributed by atoms with van der Waals surface area (Å²) in [5.41, 5.74) is 3.66. The van der Waals surface area contributed by atoms with Crippen LogP contribution < -0.4 is 10.2 Å². The molecule has 1 aliphatic heterocycles. The molecular formula is C23H20N4O4. The van der Waals surface area contributed by atoms with Crippen molar-refractivity contribution in [1.82, 2.24) is 10.3 Å². The Morgan fingerprint density at radius 2 is 1.84 bits per heavy atom. The topological polar surface area (TPSA) is 108 Å². The van der Waals surface area contributed by atoms with E-state index in [1.807, 2.05) is 24.3 Å². The summed E-state index contributed by atoms with van der Waals surface area (Å²) in [4.78, 5) is 41.4. The molecule has 0 radical (unpaired) electrons. The number of para-hydroxylation sites is 1. The van der Waals surface area contributed by atoms with Gasteiger partial charge in [0.2, 0.25) is 0 Å². The second-order valence-corrected chi connectivity index (χ2v) is 7.34. The molecule has 0 aliphatic carbocycles. The van der Waals surface area contributed by atoms with E-state index in [-0.39, 0.29) is 16.8 Å². The molecule has 156 valence electrons. The Balaban J connectivity index is 1.98. The van der Waals surface area contributed by atoms with Gasteiger partial charge in [-0.2, -0.15) is 0 Å². The van der Waals surface area contributed by atoms with E-state index in [2.05, 4.69) is 10.3 Å². The van der Waals surface area contributed by atoms with Crippen molar-refractivity contribution in [2.75, 3.05) is 19.0 Å². The maximum Gasteiger partial charge on any atom is 0.271 e. The zero-order chi connectivity index (χ0) is 22.3. The van der Waals surface area contributed by atoms with E-state index in [0.29, 0.717) is 22.4 Å². The van der Waals surface area contributed by atoms with E-state index in [0.717, 1.165) is 10.9 Å². The third kappa shape index (κ3) is 3.28. The van der Waals surface area contributed by atoms with Crippen molar-refractivity contribution in [3.63, 3.8) is 0 Å². The molecule has 31 heavy (non-hydrogen) atoms. The van der Waals surface area contributed by atoms with E-state index in [9.17, 15) is 19.7 Å². The Labute approximate surface area is 178 Å². The van der Waals surface area contributed by atoms with Gasteiger partial charge in [-0.05, 0) is 24.6 Å². The minimum Gasteiger partial charge on any atom is -0.377 e. The molecule has 8 heteroatoms. The van der Waals surface area contributed by atoms with Crippen LogP contribution in [-0.2, 0) is 9.59 Å². The smallest absolute Gasteiger partial charge is 0.271 e. The Morgan fingerprint density at radius 3 is 2.52 bits per heavy atom. The molecule has 0 fully saturated rings. The van der Waals surface area contributed by atoms with Crippen molar-refractivity contribution in [2.45, 2.75) is 6.92 Å². The Kier molecular flexibility index (Phi) is 4.90. The monoisotopic (exact) mass is 416 g/mol. The number of non-ortho nitro benzene ring substituents is 1. The SMILES string of the molecule is C/C=C(/C1=C(c2c[nH]c3ccccc23)C(=O)NC1=O)c1ccc([N+](=O)[O-])cc1N(C)C. The summed E-state index contributed by atoms with van der Waals surface area (Å²) >= 11 is 0. The van der Waals surface area contributed by atoms with Gasteiger partial charge in [-0.15, -0.1) is 0 Å². The second-order valence-electron chi connectivity index (χ2n) is 7.34. The summed E-state index contributed by atoms with van der Waals surface area (Å²) in [5, 5.41) is 14.5. The van der Waals surface area contributed by atoms with Gasteiger partial charge in [0.25, 0.3) is 17.5 Å². The lowest BCUT2D eigenvalue weighted by atomic mass is 9.90. The average molecular weight is 416 g/mol. The van der Waals surface area contributed by atoms with Crippen LogP contribution in [0.5, 0.6) is 0 Å². The number of nitrogens with one attached hydrogen (secondary N) is 2. The molecule has 2 N–H and O–H groups in total. The van der Waals surface area contributed by atoms with Crippen molar-refractivity contribution in [3.8, 4) is 0 Å². The third-order valence-electron chi connectivity index (χ3n) is 5.31. The maximum absolute atomic E-state index is 12.9. The number of aromatic amines is 1. The van der Waals surface area contributed by atoms with Crippen molar-refractivity contribution >= 4 is 45.2 Å². The summed E-state index contributed by atoms with van der Waals surface area (Å²) in [7, 11) is 3.54. The van der Waals surface area contributed by atoms with Crippen LogP contribution in [0.3, 0.4) is 0 Å². The summed E-state index contributed by atoms with van der Waals surface area (Å²) in [5.74, 6) is -0.973. The molecule has 3 aromatic rings. The highest BCUT2D eigenvalue weighted by Gasteiger charge is 2.35. The first-order chi connectivity index (χ1) is 14.8. The molecule has 0 unspecified atom stereocenters. The van der Waals surface area contributed by atoms with Gasteiger partial charge in [0.1, 0.15) is 0 Å². The van der Waals surface area contributed by atoms with Crippen LogP contribution >= 0.6 is 0 Å². The number of anilines is 1. The van der Waals surface area contributed by atoms with Crippen LogP contribution in [0, 0.1) is 10.1 Å². The number of imide groups is 1. The largest absolute Gasteiger partial charge is 0.377 e. The average Bonchev–Trinajstić information content (AvgIpc) is 3.28. The van der Waals surface area contributed by atoms with Crippen LogP contribution in [0.25, 0.3) is 22.0 Å². The summed E-state index contributed by atoms with van der Waals surface area (Å²) in [6.45, 7) is 1.77. The van der Waals surface area contributed by atoms with Gasteiger partial charge in [-0.25, -0.2) is 0 Å². The zero-order valence-corrected chi connectivity index (χ0v) is 17.2. The lowest BCUT2D eigenvalue weighted by Gasteiger charge is -2.19. The van der Waals surface area contributed by atoms with Crippen LogP contribution in [-0.4, -0.2) is 35.8 Å². The Morgan fingerprint density at radius 1 is 1.10 bits per heavy atom. The molecule has 0 bridgehead atoms. The highest BCUT2D eigenvalue weighted by Crippen LogP contribution is 2.40. The number of nitro groups is 1. The van der Waals surface area contributed by atoms with E-state index in [1.165, 1.54) is 12.1 Å². The maximum atomic E-state index is 12.9. The molecule has 0 saturated carbocycles. The van der Waals surface area contributed by atoms with Crippen LogP contribution in [0.4, 0.5) is 11.4 Å². The van der Waals surface area contributed by atoms with E-state index in [1.54, 1.807) is 44.3 Å². The number of rotatable bonds is 5. The molecular weight excluding hydrogens is 396 g/mol. The molecule has 2 heterocycles. The molecule has 0 atom stereocenters. The zero-order valence-electron chi connectivity index (χ0n) is 17.2. The summed E-state index contributed by atoms with van der Waals surface area (Å²) in [6, 6.07) is 12.0. The number of benzene rings is 2. The molecule has 2 aromatic carbocycles. The number of carbonyl (C=O) groups excluding carboxylic acids is 2. The predicted molar refractivity (Wildman–Crippen MR) is 119 cm³/mol. The van der Waals surface area contributed by atoms with Gasteiger partial charge in [-0.1, -0.05) is 24.3 Å². The molecule has 1 aliphatic rings. The first-order valence-electron chi connectivity index (χ1n) is 9.62. The summed E-state index contributed by atoms with van der Waals surface area (Å²) in [6.07, 6.45) is 3.46. The molecule has 2 amide bonds. The van der Waals surface area contributed by atoms with Gasteiger partial charge in [-0.3, -0.25) is 25.0 Å². The van der Waals surface area contributed by atoms with Crippen LogP contribution in [0.1, 0.15) is 18.1 Å². The fraction of sp³-hybridized carbons (Fsp3) is 0.130. The molecule has 0 spiro atoms. The number of hydrogen-bond acceptors (Lipinski definition) is 5. The second kappa shape index (κ2) is 7.56. The fourth-order valence-electron chi connectivity index (χ4n) is 3.91. The normalized spacial score (nSPS) is 14.4. The number of nitrogens with zero attached hydrogens (tertiary/aromatic N) is 2. The fourth-order valence-corrected chi connectivity index (χ4v) is 3.91. The van der Waals surface area contributed by atoms with Gasteiger partial charge >= 0.3 is 0 Å². The first kappa shape index (κ1) is 20.1. The third-order valence-corrected chi connectivity index (χ3v) is 5.31. The quantitative estimate of drug-likeness (QED) is 0.375. The predicted octanol–water partition coefficient (Wildman–Crippen LogP) is 3.66. The standard InChI is InChI=1S/C23H20N4O4/c1-4-14(16-10-9-13(27(30)31)11-19(16)26(2)3)20-21(23(29)25-22(20)28)17-12-24-18-8-6-5-7-15(17)18/h4-12,24H,1-3H3,(H,25,28,29)/b14-4+. The molecule has 1 aromatic heterocycles. The lowest BCUT2D eigenvalue weighted by molar-refractivity contribution is -0.384. The first-order valence-corrected chi connectivity index (χ1v) is 9.62. The van der Waals surface area contributed by atoms with Crippen molar-refractivity contribution in [2.24, 2.45) is 0 Å². The number of amides is 2. The van der Waals surface area contributed by atoms with Gasteiger partial charge < -0.3 is 9.88 Å². The van der Waals surface area contributed by atoms with E-state index < -0.39 is 16.7 Å². The lowest BCUT2D eigenvalue weighted by Crippen LogP contribution is -2.23. The highest BCUT2D eigenvalue weighted by atomic mass is 16.6. The minimum absolute atomic E-state index is 0.0549. The molecule has 8 nitrogen and oxygen atoms in total. The van der Waals surface area contributed by atoms with Crippen LogP contribution in [0.2, 0.25) is 0 Å². The van der Waals surface area contributed by atoms with Crippen LogP contribution in [0.15, 0.2) is 60.3 Å². The van der Waals surface area contributed by atoms with E-state index in [4.69, 9.17) is 0 Å².